The molecule has 27 heavy (non-hydrogen) atoms. The first kappa shape index (κ1) is 19.0. The van der Waals surface area contributed by atoms with Crippen LogP contribution in [-0.4, -0.2) is 32.3 Å². The fourth-order valence-corrected chi connectivity index (χ4v) is 3.53. The maximum Gasteiger partial charge on any atom is 0.170 e. The molecule has 0 bridgehead atoms. The summed E-state index contributed by atoms with van der Waals surface area (Å²) in [5, 5.41) is 2.03. The summed E-state index contributed by atoms with van der Waals surface area (Å²) in [6, 6.07) is 11.8. The first-order valence-electron chi connectivity index (χ1n) is 8.69. The molecule has 0 N–H and O–H groups in total. The molecule has 0 saturated carbocycles. The van der Waals surface area contributed by atoms with E-state index in [1.807, 2.05) is 35.7 Å². The summed E-state index contributed by atoms with van der Waals surface area (Å²) in [6.45, 7) is 2.80. The lowest BCUT2D eigenvalue weighted by Gasteiger charge is -2.14. The van der Waals surface area contributed by atoms with E-state index in [0.717, 1.165) is 34.6 Å². The minimum absolute atomic E-state index is 0.606. The molecule has 0 aliphatic rings. The summed E-state index contributed by atoms with van der Waals surface area (Å²) in [6.07, 6.45) is 0.984. The van der Waals surface area contributed by atoms with Crippen molar-refractivity contribution >= 4 is 11.5 Å². The van der Waals surface area contributed by atoms with Gasteiger partial charge >= 0.3 is 0 Å². The lowest BCUT2D eigenvalue weighted by molar-refractivity contribution is 0.317. The lowest BCUT2D eigenvalue weighted by atomic mass is 10.0. The van der Waals surface area contributed by atoms with Gasteiger partial charge in [-0.3, -0.25) is 0 Å². The fourth-order valence-electron chi connectivity index (χ4n) is 2.82. The fraction of sp³-hybridized carbons (Fsp3) is 0.286. The van der Waals surface area contributed by atoms with Crippen LogP contribution in [0, 0.1) is 0 Å². The Labute approximate surface area is 163 Å². The zero-order chi connectivity index (χ0) is 19.2. The van der Waals surface area contributed by atoms with Crippen molar-refractivity contribution in [2.45, 2.75) is 13.3 Å². The average molecular weight is 385 g/mol. The van der Waals surface area contributed by atoms with Gasteiger partial charge in [0.05, 0.1) is 39.2 Å². The molecule has 2 aromatic carbocycles. The molecule has 0 amide bonds. The van der Waals surface area contributed by atoms with Crippen LogP contribution in [0.1, 0.15) is 13.3 Å². The summed E-state index contributed by atoms with van der Waals surface area (Å²) in [5.41, 5.74) is 3.75. The highest BCUT2D eigenvalue weighted by atomic mass is 32.1. The van der Waals surface area contributed by atoms with E-state index in [1.54, 1.807) is 27.4 Å². The van der Waals surface area contributed by atoms with Gasteiger partial charge < -0.3 is 18.9 Å². The van der Waals surface area contributed by atoms with Gasteiger partial charge in [0.15, 0.2) is 11.5 Å². The first-order chi connectivity index (χ1) is 13.2. The van der Waals surface area contributed by atoms with E-state index < -0.39 is 0 Å². The second kappa shape index (κ2) is 8.77. The second-order valence-electron chi connectivity index (χ2n) is 5.86. The molecule has 0 aliphatic heterocycles. The number of hydrogen-bond donors (Lipinski definition) is 0. The minimum atomic E-state index is 0.606. The molecule has 1 heterocycles. The van der Waals surface area contributed by atoms with Gasteiger partial charge in [0.2, 0.25) is 0 Å². The van der Waals surface area contributed by atoms with E-state index in [2.05, 4.69) is 11.3 Å². The van der Waals surface area contributed by atoms with Crippen LogP contribution in [0.4, 0.5) is 0 Å². The van der Waals surface area contributed by atoms with Gasteiger partial charge in [0.1, 0.15) is 11.5 Å². The largest absolute Gasteiger partial charge is 0.497 e. The van der Waals surface area contributed by atoms with Gasteiger partial charge in [-0.25, -0.2) is 0 Å². The smallest absolute Gasteiger partial charge is 0.170 e. The standard InChI is InChI=1S/C21H23NO4S/c1-5-10-26-15-8-6-14(7-9-15)18-13-27-22-20(18)17-11-16(23-2)12-19(24-3)21(17)25-4/h6-9,11-13H,5,10H2,1-4H3. The van der Waals surface area contributed by atoms with Crippen LogP contribution in [0.25, 0.3) is 22.4 Å². The van der Waals surface area contributed by atoms with Crippen LogP contribution in [0.3, 0.4) is 0 Å². The molecule has 0 saturated heterocycles. The summed E-state index contributed by atoms with van der Waals surface area (Å²) < 4.78 is 26.8. The molecular weight excluding hydrogens is 362 g/mol. The van der Waals surface area contributed by atoms with Gasteiger partial charge in [-0.05, 0) is 41.7 Å². The topological polar surface area (TPSA) is 49.8 Å². The number of hydrogen-bond acceptors (Lipinski definition) is 6. The van der Waals surface area contributed by atoms with Crippen LogP contribution >= 0.6 is 11.5 Å². The van der Waals surface area contributed by atoms with E-state index in [4.69, 9.17) is 18.9 Å². The van der Waals surface area contributed by atoms with Gasteiger partial charge in [0.25, 0.3) is 0 Å². The summed E-state index contributed by atoms with van der Waals surface area (Å²) in [7, 11) is 4.86. The van der Waals surface area contributed by atoms with Gasteiger partial charge in [-0.15, -0.1) is 0 Å². The predicted octanol–water partition coefficient (Wildman–Crippen LogP) is 5.29. The quantitative estimate of drug-likeness (QED) is 0.527. The molecule has 0 unspecified atom stereocenters. The number of aromatic nitrogens is 1. The molecule has 5 nitrogen and oxygen atoms in total. The van der Waals surface area contributed by atoms with Crippen molar-refractivity contribution in [3.8, 4) is 45.4 Å². The Balaban J connectivity index is 2.05. The molecule has 0 radical (unpaired) electrons. The predicted molar refractivity (Wildman–Crippen MR) is 108 cm³/mol. The maximum atomic E-state index is 5.67. The van der Waals surface area contributed by atoms with Gasteiger partial charge in [0, 0.05) is 17.0 Å². The van der Waals surface area contributed by atoms with Crippen molar-refractivity contribution in [1.82, 2.24) is 4.37 Å². The van der Waals surface area contributed by atoms with Crippen molar-refractivity contribution in [3.63, 3.8) is 0 Å². The summed E-state index contributed by atoms with van der Waals surface area (Å²) in [5.74, 6) is 2.79. The van der Waals surface area contributed by atoms with E-state index >= 15 is 0 Å². The second-order valence-corrected chi connectivity index (χ2v) is 6.49. The highest BCUT2D eigenvalue weighted by Crippen LogP contribution is 2.44. The maximum absolute atomic E-state index is 5.67. The Morgan fingerprint density at radius 2 is 1.67 bits per heavy atom. The zero-order valence-corrected chi connectivity index (χ0v) is 16.8. The third-order valence-corrected chi connectivity index (χ3v) is 4.78. The molecule has 6 heteroatoms. The molecule has 0 atom stereocenters. The summed E-state index contributed by atoms with van der Waals surface area (Å²) in [4.78, 5) is 0. The summed E-state index contributed by atoms with van der Waals surface area (Å²) >= 11 is 1.40. The number of methoxy groups -OCH3 is 3. The van der Waals surface area contributed by atoms with Crippen LogP contribution in [0.5, 0.6) is 23.0 Å². The third-order valence-electron chi connectivity index (χ3n) is 4.15. The molecule has 0 aliphatic carbocycles. The molecule has 0 spiro atoms. The highest BCUT2D eigenvalue weighted by molar-refractivity contribution is 7.04. The molecule has 1 aromatic heterocycles. The van der Waals surface area contributed by atoms with Crippen molar-refractivity contribution in [2.75, 3.05) is 27.9 Å². The average Bonchev–Trinajstić information content (AvgIpc) is 3.21. The Bertz CT molecular complexity index is 890. The van der Waals surface area contributed by atoms with Crippen LogP contribution in [-0.2, 0) is 0 Å². The van der Waals surface area contributed by atoms with Crippen LogP contribution in [0.15, 0.2) is 41.8 Å². The minimum Gasteiger partial charge on any atom is -0.497 e. The monoisotopic (exact) mass is 385 g/mol. The Hall–Kier alpha value is -2.73. The zero-order valence-electron chi connectivity index (χ0n) is 15.9. The Morgan fingerprint density at radius 3 is 2.30 bits per heavy atom. The molecule has 142 valence electrons. The van der Waals surface area contributed by atoms with E-state index in [-0.39, 0.29) is 0 Å². The number of nitrogens with zero attached hydrogens (tertiary/aromatic N) is 1. The highest BCUT2D eigenvalue weighted by Gasteiger charge is 2.20. The van der Waals surface area contributed by atoms with E-state index in [0.29, 0.717) is 23.9 Å². The van der Waals surface area contributed by atoms with Crippen molar-refractivity contribution < 1.29 is 18.9 Å². The lowest BCUT2D eigenvalue weighted by Crippen LogP contribution is -1.96. The van der Waals surface area contributed by atoms with E-state index in [9.17, 15) is 0 Å². The SMILES string of the molecule is CCCOc1ccc(-c2csnc2-c2cc(OC)cc(OC)c2OC)cc1. The normalized spacial score (nSPS) is 10.5. The molecule has 3 rings (SSSR count). The molecule has 0 fully saturated rings. The van der Waals surface area contributed by atoms with Crippen LogP contribution < -0.4 is 18.9 Å². The Morgan fingerprint density at radius 1 is 0.889 bits per heavy atom. The van der Waals surface area contributed by atoms with E-state index in [1.165, 1.54) is 11.5 Å². The van der Waals surface area contributed by atoms with Crippen LogP contribution in [0.2, 0.25) is 0 Å². The molecular formula is C21H23NO4S. The van der Waals surface area contributed by atoms with Gasteiger partial charge in [-0.2, -0.15) is 4.37 Å². The van der Waals surface area contributed by atoms with Crippen molar-refractivity contribution in [1.29, 1.82) is 0 Å². The number of rotatable bonds is 8. The van der Waals surface area contributed by atoms with Crippen molar-refractivity contribution in [3.05, 3.63) is 41.8 Å². The molecule has 3 aromatic rings. The number of benzene rings is 2. The Kier molecular flexibility index (Phi) is 6.19. The number of ether oxygens (including phenoxy) is 4. The third kappa shape index (κ3) is 4.01. The van der Waals surface area contributed by atoms with Crippen molar-refractivity contribution in [2.24, 2.45) is 0 Å². The first-order valence-corrected chi connectivity index (χ1v) is 9.53. The van der Waals surface area contributed by atoms with Gasteiger partial charge in [-0.1, -0.05) is 19.1 Å².